The van der Waals surface area contributed by atoms with Crippen LogP contribution in [-0.2, 0) is 36.3 Å². The predicted molar refractivity (Wildman–Crippen MR) is 242 cm³/mol. The topological polar surface area (TPSA) is 225 Å². The van der Waals surface area contributed by atoms with E-state index >= 15 is 0 Å². The van der Waals surface area contributed by atoms with Crippen molar-refractivity contribution >= 4 is 81.0 Å². The normalized spacial score (nSPS) is 14.1. The zero-order valence-electron chi connectivity index (χ0n) is 36.0. The SMILES string of the molecule is C1CCOC1.COOSc1n[nH]c2nc(Cl)nc(NC3CC3)c12.COOSc1nn(Cc2ccc(OC)cc2OC)c2nc(Cl)nc(NC3CC3)c12.COc1ccc(CO)c(OC)c1. The highest BCUT2D eigenvalue weighted by Gasteiger charge is 2.27. The lowest BCUT2D eigenvalue weighted by molar-refractivity contribution is -0.160. The summed E-state index contributed by atoms with van der Waals surface area (Å²) >= 11 is 14.1. The minimum absolute atomic E-state index is 0.0207. The van der Waals surface area contributed by atoms with E-state index in [0.29, 0.717) is 68.9 Å². The molecule has 1 saturated heterocycles. The van der Waals surface area contributed by atoms with Gasteiger partial charge in [-0.3, -0.25) is 5.10 Å². The van der Waals surface area contributed by atoms with Crippen LogP contribution in [0, 0.1) is 0 Å². The van der Waals surface area contributed by atoms with Crippen LogP contribution in [0.25, 0.3) is 22.1 Å². The molecule has 0 amide bonds. The molecule has 0 radical (unpaired) electrons. The van der Waals surface area contributed by atoms with E-state index in [1.165, 1.54) is 27.1 Å². The van der Waals surface area contributed by atoms with Gasteiger partial charge in [-0.2, -0.15) is 38.8 Å². The smallest absolute Gasteiger partial charge is 0.226 e. The summed E-state index contributed by atoms with van der Waals surface area (Å²) in [6.07, 6.45) is 7.02. The molecule has 0 unspecified atom stereocenters. The van der Waals surface area contributed by atoms with Crippen molar-refractivity contribution in [3.63, 3.8) is 0 Å². The molecule has 346 valence electrons. The highest BCUT2D eigenvalue weighted by molar-refractivity contribution is 7.95. The van der Waals surface area contributed by atoms with E-state index in [1.807, 2.05) is 18.2 Å². The number of benzene rings is 2. The molecule has 4 N–H and O–H groups in total. The number of aromatic nitrogens is 8. The van der Waals surface area contributed by atoms with Gasteiger partial charge in [-0.1, -0.05) is 0 Å². The van der Waals surface area contributed by atoms with Crippen molar-refractivity contribution < 1.29 is 47.2 Å². The lowest BCUT2D eigenvalue weighted by atomic mass is 10.2. The largest absolute Gasteiger partial charge is 0.497 e. The van der Waals surface area contributed by atoms with Gasteiger partial charge in [0.25, 0.3) is 0 Å². The number of anilines is 2. The number of halogens is 2. The van der Waals surface area contributed by atoms with E-state index in [0.717, 1.165) is 90.6 Å². The number of rotatable bonds is 17. The van der Waals surface area contributed by atoms with Gasteiger partial charge in [-0.25, -0.2) is 14.5 Å². The molecule has 6 aromatic rings. The minimum Gasteiger partial charge on any atom is -0.497 e. The molecule has 2 aromatic carbocycles. The maximum absolute atomic E-state index is 8.89. The van der Waals surface area contributed by atoms with Crippen LogP contribution in [0.15, 0.2) is 46.5 Å². The van der Waals surface area contributed by atoms with Crippen molar-refractivity contribution in [1.29, 1.82) is 0 Å². The van der Waals surface area contributed by atoms with Gasteiger partial charge in [0.1, 0.15) is 34.6 Å². The summed E-state index contributed by atoms with van der Waals surface area (Å²) in [6, 6.07) is 11.8. The standard InChI is InChI=1S/C18H20ClN5O4S.C9H10ClN5O2S.C9H12O3.C4H8O/c1-25-12-7-4-10(13(8-12)26-2)9-24-16-14(17(23-24)29-28-27-3)15(20-11-5-6-11)21-18(19)22-16;1-16-17-18-8-5-6(11-4-2-3-4)12-9(10)13-7(5)14-15-8;1-11-8-4-3-7(6-10)9(5-8)12-2;1-2-4-5-3-1/h4,7-8,11H,5-6,9H2,1-3H3,(H,20,21,22);4H,2-3H2,1H3,(H2,11,12,13,14,15);3-5,10H,6H2,1-2H3;1-4H2. The van der Waals surface area contributed by atoms with Crippen molar-refractivity contribution in [1.82, 2.24) is 39.9 Å². The van der Waals surface area contributed by atoms with Crippen molar-refractivity contribution in [3.8, 4) is 23.0 Å². The monoisotopic (exact) mass is 964 g/mol. The summed E-state index contributed by atoms with van der Waals surface area (Å²) in [4.78, 5) is 26.3. The zero-order chi connectivity index (χ0) is 45.4. The second-order valence-corrected chi connectivity index (χ2v) is 16.0. The molecule has 0 atom stereocenters. The zero-order valence-corrected chi connectivity index (χ0v) is 39.2. The molecule has 5 heterocycles. The third-order valence-electron chi connectivity index (χ3n) is 9.40. The number of fused-ring (bicyclic) bond motifs is 2. The van der Waals surface area contributed by atoms with Crippen molar-refractivity contribution in [2.24, 2.45) is 0 Å². The maximum atomic E-state index is 8.89. The molecule has 1 aliphatic heterocycles. The Morgan fingerprint density at radius 2 is 1.27 bits per heavy atom. The lowest BCUT2D eigenvalue weighted by Crippen LogP contribution is -2.07. The Kier molecular flexibility index (Phi) is 18.8. The summed E-state index contributed by atoms with van der Waals surface area (Å²) < 4.78 is 37.4. The molecular weight excluding hydrogens is 916 g/mol. The van der Waals surface area contributed by atoms with Gasteiger partial charge in [0.2, 0.25) is 10.6 Å². The van der Waals surface area contributed by atoms with Gasteiger partial charge in [-0.05, 0) is 86.0 Å². The molecule has 64 heavy (non-hydrogen) atoms. The molecule has 2 saturated carbocycles. The quantitative estimate of drug-likeness (QED) is 0.0295. The second-order valence-electron chi connectivity index (χ2n) is 13.9. The number of hydrogen-bond donors (Lipinski definition) is 4. The van der Waals surface area contributed by atoms with Gasteiger partial charge in [0, 0.05) is 48.6 Å². The van der Waals surface area contributed by atoms with Gasteiger partial charge in [0.05, 0.1) is 90.7 Å². The highest BCUT2D eigenvalue weighted by atomic mass is 35.5. The number of nitrogens with zero attached hydrogens (tertiary/aromatic N) is 7. The fourth-order valence-electron chi connectivity index (χ4n) is 5.94. The Hall–Kier alpha value is -4.62. The average Bonchev–Trinajstić information content (AvgIpc) is 4.15. The van der Waals surface area contributed by atoms with Gasteiger partial charge in [-0.15, -0.1) is 0 Å². The van der Waals surface area contributed by atoms with E-state index < -0.39 is 0 Å². The number of H-pyrrole nitrogens is 1. The minimum atomic E-state index is -0.0207. The third kappa shape index (κ3) is 13.7. The highest BCUT2D eigenvalue weighted by Crippen LogP contribution is 2.37. The molecule has 2 aliphatic carbocycles. The van der Waals surface area contributed by atoms with E-state index in [1.54, 1.807) is 51.3 Å². The number of hydrogen-bond acceptors (Lipinski definition) is 20. The van der Waals surface area contributed by atoms with Gasteiger partial charge < -0.3 is 39.4 Å². The van der Waals surface area contributed by atoms with Crippen molar-refractivity contribution in [3.05, 3.63) is 58.1 Å². The molecular formula is C40H50Cl2N10O10S2. The Morgan fingerprint density at radius 1 is 0.719 bits per heavy atom. The van der Waals surface area contributed by atoms with E-state index in [4.69, 9.17) is 65.5 Å². The molecule has 0 bridgehead atoms. The van der Waals surface area contributed by atoms with E-state index in [-0.39, 0.29) is 17.2 Å². The molecule has 4 aromatic heterocycles. The summed E-state index contributed by atoms with van der Waals surface area (Å²) in [5.41, 5.74) is 2.83. The van der Waals surface area contributed by atoms with Crippen LogP contribution in [0.5, 0.6) is 23.0 Å². The van der Waals surface area contributed by atoms with E-state index in [2.05, 4.69) is 50.8 Å². The Balaban J connectivity index is 0.000000164. The average molecular weight is 966 g/mol. The van der Waals surface area contributed by atoms with Crippen LogP contribution >= 0.6 is 47.3 Å². The first-order valence-electron chi connectivity index (χ1n) is 20.0. The van der Waals surface area contributed by atoms with Crippen LogP contribution in [-0.4, -0.2) is 113 Å². The lowest BCUT2D eigenvalue weighted by Gasteiger charge is -2.11. The molecule has 24 heteroatoms. The van der Waals surface area contributed by atoms with Gasteiger partial charge >= 0.3 is 0 Å². The fraction of sp³-hybridized carbons (Fsp3) is 0.450. The summed E-state index contributed by atoms with van der Waals surface area (Å²) in [5.74, 6) is 4.08. The third-order valence-corrected chi connectivity index (χ3v) is 11.0. The van der Waals surface area contributed by atoms with Crippen LogP contribution in [0.1, 0.15) is 49.7 Å². The number of nitrogens with one attached hydrogen (secondary N) is 3. The van der Waals surface area contributed by atoms with Crippen LogP contribution < -0.4 is 29.6 Å². The van der Waals surface area contributed by atoms with Crippen LogP contribution in [0.4, 0.5) is 11.6 Å². The Labute approximate surface area is 387 Å². The van der Waals surface area contributed by atoms with Gasteiger partial charge in [0.15, 0.2) is 21.3 Å². The number of aliphatic hydroxyl groups excluding tert-OH is 1. The molecule has 0 spiro atoms. The Bertz CT molecular complexity index is 2410. The molecule has 3 aliphatic rings. The summed E-state index contributed by atoms with van der Waals surface area (Å²) in [6.45, 7) is 2.39. The maximum Gasteiger partial charge on any atom is 0.226 e. The Morgan fingerprint density at radius 3 is 1.78 bits per heavy atom. The van der Waals surface area contributed by atoms with Crippen LogP contribution in [0.2, 0.25) is 10.6 Å². The number of methoxy groups -OCH3 is 4. The first kappa shape index (κ1) is 48.8. The number of aliphatic hydroxyl groups is 1. The van der Waals surface area contributed by atoms with E-state index in [9.17, 15) is 0 Å². The molecule has 3 fully saturated rings. The summed E-state index contributed by atoms with van der Waals surface area (Å²) in [5, 5.41) is 30.1. The fourth-order valence-corrected chi connectivity index (χ4v) is 7.30. The number of aromatic amines is 1. The second kappa shape index (κ2) is 24.6. The summed E-state index contributed by atoms with van der Waals surface area (Å²) in [7, 11) is 9.25. The first-order valence-corrected chi connectivity index (χ1v) is 22.2. The van der Waals surface area contributed by atoms with Crippen molar-refractivity contribution in [2.45, 2.75) is 73.8 Å². The molecule has 20 nitrogen and oxygen atoms in total. The predicted octanol–water partition coefficient (Wildman–Crippen LogP) is 7.86. The first-order chi connectivity index (χ1) is 31.2. The van der Waals surface area contributed by atoms with Crippen molar-refractivity contribution in [2.75, 3.05) is 66.5 Å². The molecule has 9 rings (SSSR count). The number of ether oxygens (including phenoxy) is 5. The van der Waals surface area contributed by atoms with Crippen LogP contribution in [0.3, 0.4) is 0 Å².